The zero-order valence-electron chi connectivity index (χ0n) is 12.2. The second-order valence-electron chi connectivity index (χ2n) is 5.69. The van der Waals surface area contributed by atoms with Crippen molar-refractivity contribution >= 4 is 0 Å². The highest BCUT2D eigenvalue weighted by Crippen LogP contribution is 2.23. The Morgan fingerprint density at radius 3 is 3.05 bits per heavy atom. The SMILES string of the molecule is Cc1cccc(-c2[nH]ncc2CN[C@@H]2C=C[C@H](CO)C2)c1. The predicted octanol–water partition coefficient (Wildman–Crippen LogP) is 2.41. The van der Waals surface area contributed by atoms with Gasteiger partial charge in [0.1, 0.15) is 0 Å². The van der Waals surface area contributed by atoms with Crippen LogP contribution >= 0.6 is 0 Å². The summed E-state index contributed by atoms with van der Waals surface area (Å²) in [4.78, 5) is 0. The van der Waals surface area contributed by atoms with Gasteiger partial charge in [0.15, 0.2) is 0 Å². The minimum atomic E-state index is 0.231. The Morgan fingerprint density at radius 2 is 2.29 bits per heavy atom. The molecule has 0 bridgehead atoms. The molecular weight excluding hydrogens is 262 g/mol. The molecule has 0 saturated heterocycles. The largest absolute Gasteiger partial charge is 0.396 e. The first-order valence-corrected chi connectivity index (χ1v) is 7.38. The van der Waals surface area contributed by atoms with Crippen molar-refractivity contribution in [1.82, 2.24) is 15.5 Å². The molecule has 1 aromatic carbocycles. The molecule has 1 heterocycles. The number of H-pyrrole nitrogens is 1. The van der Waals surface area contributed by atoms with E-state index in [2.05, 4.69) is 58.9 Å². The molecule has 0 amide bonds. The van der Waals surface area contributed by atoms with Gasteiger partial charge in [0, 0.05) is 36.2 Å². The molecule has 0 aliphatic heterocycles. The highest BCUT2D eigenvalue weighted by Gasteiger charge is 2.18. The molecular formula is C17H21N3O. The Kier molecular flexibility index (Phi) is 4.18. The van der Waals surface area contributed by atoms with Crippen molar-refractivity contribution in [3.8, 4) is 11.3 Å². The zero-order valence-corrected chi connectivity index (χ0v) is 12.2. The monoisotopic (exact) mass is 283 g/mol. The summed E-state index contributed by atoms with van der Waals surface area (Å²) in [6.45, 7) is 3.10. The summed E-state index contributed by atoms with van der Waals surface area (Å²) in [6.07, 6.45) is 7.09. The first kappa shape index (κ1) is 14.0. The van der Waals surface area contributed by atoms with E-state index in [4.69, 9.17) is 5.11 Å². The fourth-order valence-corrected chi connectivity index (χ4v) is 2.80. The molecule has 1 aliphatic carbocycles. The van der Waals surface area contributed by atoms with Gasteiger partial charge in [-0.05, 0) is 19.4 Å². The smallest absolute Gasteiger partial charge is 0.0695 e. The Hall–Kier alpha value is -1.91. The van der Waals surface area contributed by atoms with Gasteiger partial charge in [0.05, 0.1) is 11.9 Å². The van der Waals surface area contributed by atoms with Crippen LogP contribution < -0.4 is 5.32 Å². The second-order valence-corrected chi connectivity index (χ2v) is 5.69. The van der Waals surface area contributed by atoms with E-state index < -0.39 is 0 Å². The molecule has 4 nitrogen and oxygen atoms in total. The lowest BCUT2D eigenvalue weighted by molar-refractivity contribution is 0.246. The number of nitrogens with one attached hydrogen (secondary N) is 2. The second kappa shape index (κ2) is 6.24. The maximum Gasteiger partial charge on any atom is 0.0695 e. The summed E-state index contributed by atoms with van der Waals surface area (Å²) >= 11 is 0. The molecule has 0 unspecified atom stereocenters. The molecule has 2 aromatic rings. The Balaban J connectivity index is 1.68. The lowest BCUT2D eigenvalue weighted by atomic mass is 10.1. The first-order chi connectivity index (χ1) is 10.3. The Bertz CT molecular complexity index is 632. The van der Waals surface area contributed by atoms with E-state index >= 15 is 0 Å². The number of nitrogens with zero attached hydrogens (tertiary/aromatic N) is 1. The molecule has 3 N–H and O–H groups in total. The molecule has 0 spiro atoms. The third-order valence-electron chi connectivity index (χ3n) is 3.99. The minimum Gasteiger partial charge on any atom is -0.396 e. The summed E-state index contributed by atoms with van der Waals surface area (Å²) in [6, 6.07) is 8.75. The van der Waals surface area contributed by atoms with Gasteiger partial charge in [-0.2, -0.15) is 5.10 Å². The highest BCUT2D eigenvalue weighted by atomic mass is 16.3. The van der Waals surface area contributed by atoms with Crippen LogP contribution in [0, 0.1) is 12.8 Å². The Labute approximate surface area is 124 Å². The van der Waals surface area contributed by atoms with Crippen molar-refractivity contribution in [1.29, 1.82) is 0 Å². The molecule has 110 valence electrons. The van der Waals surface area contributed by atoms with E-state index in [-0.39, 0.29) is 6.61 Å². The molecule has 3 rings (SSSR count). The third kappa shape index (κ3) is 3.23. The van der Waals surface area contributed by atoms with Crippen molar-refractivity contribution in [2.75, 3.05) is 6.61 Å². The van der Waals surface area contributed by atoms with Crippen LogP contribution in [0.25, 0.3) is 11.3 Å². The predicted molar refractivity (Wildman–Crippen MR) is 83.7 cm³/mol. The van der Waals surface area contributed by atoms with Gasteiger partial charge in [0.2, 0.25) is 0 Å². The standard InChI is InChI=1S/C17H21N3O/c1-12-3-2-4-14(7-12)17-15(10-19-20-17)9-18-16-6-5-13(8-16)11-21/h2-7,10,13,16,18,21H,8-9,11H2,1H3,(H,19,20)/t13-,16+/m0/s1. The van der Waals surface area contributed by atoms with E-state index in [1.54, 1.807) is 0 Å². The Morgan fingerprint density at radius 1 is 1.38 bits per heavy atom. The molecule has 1 aliphatic rings. The number of hydrogen-bond acceptors (Lipinski definition) is 3. The first-order valence-electron chi connectivity index (χ1n) is 7.38. The van der Waals surface area contributed by atoms with Crippen molar-refractivity contribution in [3.05, 3.63) is 53.7 Å². The van der Waals surface area contributed by atoms with Crippen LogP contribution in [0.3, 0.4) is 0 Å². The number of hydrogen-bond donors (Lipinski definition) is 3. The van der Waals surface area contributed by atoms with Crippen molar-refractivity contribution in [2.45, 2.75) is 25.9 Å². The quantitative estimate of drug-likeness (QED) is 0.739. The summed E-state index contributed by atoms with van der Waals surface area (Å²) in [5, 5.41) is 20.0. The molecule has 21 heavy (non-hydrogen) atoms. The average molecular weight is 283 g/mol. The summed E-state index contributed by atoms with van der Waals surface area (Å²) < 4.78 is 0. The summed E-state index contributed by atoms with van der Waals surface area (Å²) in [7, 11) is 0. The number of aryl methyl sites for hydroxylation is 1. The lowest BCUT2D eigenvalue weighted by Crippen LogP contribution is -2.26. The van der Waals surface area contributed by atoms with Crippen LogP contribution in [0.4, 0.5) is 0 Å². The lowest BCUT2D eigenvalue weighted by Gasteiger charge is -2.12. The number of aliphatic hydroxyl groups is 1. The number of aromatic nitrogens is 2. The van der Waals surface area contributed by atoms with Gasteiger partial charge >= 0.3 is 0 Å². The minimum absolute atomic E-state index is 0.231. The van der Waals surface area contributed by atoms with Gasteiger partial charge in [-0.15, -0.1) is 0 Å². The molecule has 0 fully saturated rings. The normalized spacial score (nSPS) is 21.0. The van der Waals surface area contributed by atoms with Crippen LogP contribution in [0.5, 0.6) is 0 Å². The molecule has 0 radical (unpaired) electrons. The van der Waals surface area contributed by atoms with E-state index in [0.717, 1.165) is 18.7 Å². The van der Waals surface area contributed by atoms with Crippen LogP contribution in [-0.2, 0) is 6.54 Å². The maximum atomic E-state index is 9.16. The fraction of sp³-hybridized carbons (Fsp3) is 0.353. The van der Waals surface area contributed by atoms with Crippen molar-refractivity contribution < 1.29 is 5.11 Å². The van der Waals surface area contributed by atoms with Gasteiger partial charge in [-0.3, -0.25) is 5.10 Å². The van der Waals surface area contributed by atoms with Crippen LogP contribution in [0.15, 0.2) is 42.6 Å². The van der Waals surface area contributed by atoms with E-state index in [0.29, 0.717) is 12.0 Å². The molecule has 1 aromatic heterocycles. The van der Waals surface area contributed by atoms with Gasteiger partial charge < -0.3 is 10.4 Å². The highest BCUT2D eigenvalue weighted by molar-refractivity contribution is 5.63. The van der Waals surface area contributed by atoms with E-state index in [9.17, 15) is 0 Å². The third-order valence-corrected chi connectivity index (χ3v) is 3.99. The number of aromatic amines is 1. The number of rotatable bonds is 5. The van der Waals surface area contributed by atoms with Crippen molar-refractivity contribution in [2.24, 2.45) is 5.92 Å². The molecule has 0 saturated carbocycles. The van der Waals surface area contributed by atoms with Crippen molar-refractivity contribution in [3.63, 3.8) is 0 Å². The summed E-state index contributed by atoms with van der Waals surface area (Å²) in [5.74, 6) is 0.295. The van der Waals surface area contributed by atoms with Crippen LogP contribution in [0.2, 0.25) is 0 Å². The fourth-order valence-electron chi connectivity index (χ4n) is 2.80. The molecule has 4 heteroatoms. The zero-order chi connectivity index (χ0) is 14.7. The van der Waals surface area contributed by atoms with Gasteiger partial charge in [-0.1, -0.05) is 35.9 Å². The topological polar surface area (TPSA) is 60.9 Å². The van der Waals surface area contributed by atoms with Gasteiger partial charge in [-0.25, -0.2) is 0 Å². The number of aliphatic hydroxyl groups excluding tert-OH is 1. The van der Waals surface area contributed by atoms with Crippen LogP contribution in [-0.4, -0.2) is 28.0 Å². The maximum absolute atomic E-state index is 9.16. The van der Waals surface area contributed by atoms with Crippen LogP contribution in [0.1, 0.15) is 17.5 Å². The van der Waals surface area contributed by atoms with Gasteiger partial charge in [0.25, 0.3) is 0 Å². The number of benzene rings is 1. The van der Waals surface area contributed by atoms with E-state index in [1.165, 1.54) is 16.7 Å². The van der Waals surface area contributed by atoms with E-state index in [1.807, 2.05) is 6.20 Å². The summed E-state index contributed by atoms with van der Waals surface area (Å²) in [5.41, 5.74) is 4.65. The average Bonchev–Trinajstić information content (AvgIpc) is 3.14. The molecule has 2 atom stereocenters.